The van der Waals surface area contributed by atoms with Crippen molar-refractivity contribution in [2.75, 3.05) is 24.3 Å². The summed E-state index contributed by atoms with van der Waals surface area (Å²) in [4.78, 5) is 14.7. The molecule has 1 rings (SSSR count). The number of aromatic nitrogens is 1. The van der Waals surface area contributed by atoms with Gasteiger partial charge in [0.25, 0.3) is 5.91 Å². The highest BCUT2D eigenvalue weighted by atomic mass is 19.1. The number of nitrogens with zero attached hydrogens (tertiary/aromatic N) is 1. The molecule has 0 aliphatic carbocycles. The molecule has 1 amide bonds. The van der Waals surface area contributed by atoms with Crippen LogP contribution in [-0.4, -0.2) is 24.1 Å². The lowest BCUT2D eigenvalue weighted by molar-refractivity contribution is 0.100. The molecular formula is C8H11FN4O. The molecule has 1 aromatic rings. The Morgan fingerprint density at radius 3 is 2.93 bits per heavy atom. The summed E-state index contributed by atoms with van der Waals surface area (Å²) >= 11 is 0. The van der Waals surface area contributed by atoms with Gasteiger partial charge in [0.15, 0.2) is 0 Å². The number of primary amides is 1. The van der Waals surface area contributed by atoms with Gasteiger partial charge in [0.1, 0.15) is 12.5 Å². The van der Waals surface area contributed by atoms with E-state index in [1.54, 1.807) is 0 Å². The summed E-state index contributed by atoms with van der Waals surface area (Å²) in [7, 11) is 0. The van der Waals surface area contributed by atoms with Crippen molar-refractivity contribution >= 4 is 17.4 Å². The van der Waals surface area contributed by atoms with E-state index in [1.807, 2.05) is 0 Å². The summed E-state index contributed by atoms with van der Waals surface area (Å²) in [6.07, 6.45) is 1.35. The van der Waals surface area contributed by atoms with Gasteiger partial charge < -0.3 is 16.8 Å². The van der Waals surface area contributed by atoms with Crippen LogP contribution in [0, 0.1) is 0 Å². The van der Waals surface area contributed by atoms with Gasteiger partial charge in [0.2, 0.25) is 0 Å². The summed E-state index contributed by atoms with van der Waals surface area (Å²) in [5.74, 6) is -0.426. The number of anilines is 2. The smallest absolute Gasteiger partial charge is 0.250 e. The van der Waals surface area contributed by atoms with Crippen LogP contribution in [0.1, 0.15) is 10.4 Å². The second kappa shape index (κ2) is 4.40. The van der Waals surface area contributed by atoms with Gasteiger partial charge in [-0.1, -0.05) is 0 Å². The summed E-state index contributed by atoms with van der Waals surface area (Å²) < 4.78 is 11.9. The van der Waals surface area contributed by atoms with Crippen LogP contribution in [0.4, 0.5) is 15.9 Å². The number of carbonyl (C=O) groups excluding carboxylic acids is 1. The monoisotopic (exact) mass is 198 g/mol. The van der Waals surface area contributed by atoms with Crippen LogP contribution < -0.4 is 16.8 Å². The molecule has 0 aliphatic rings. The summed E-state index contributed by atoms with van der Waals surface area (Å²) in [6, 6.07) is 1.35. The van der Waals surface area contributed by atoms with Gasteiger partial charge in [0.05, 0.1) is 17.4 Å². The maximum atomic E-state index is 11.9. The van der Waals surface area contributed by atoms with Crippen molar-refractivity contribution in [2.45, 2.75) is 0 Å². The van der Waals surface area contributed by atoms with Crippen LogP contribution in [0.2, 0.25) is 0 Å². The Balaban J connectivity index is 2.96. The Kier molecular flexibility index (Phi) is 3.22. The molecule has 5 nitrogen and oxygen atoms in total. The number of hydrogen-bond acceptors (Lipinski definition) is 4. The first kappa shape index (κ1) is 10.2. The molecule has 0 spiro atoms. The number of rotatable bonds is 4. The SMILES string of the molecule is NC(=O)c1cc(N)ncc1NCCF. The van der Waals surface area contributed by atoms with Crippen molar-refractivity contribution in [3.8, 4) is 0 Å². The fourth-order valence-corrected chi connectivity index (χ4v) is 0.998. The summed E-state index contributed by atoms with van der Waals surface area (Å²) in [6.45, 7) is -0.436. The van der Waals surface area contributed by atoms with E-state index >= 15 is 0 Å². The van der Waals surface area contributed by atoms with Crippen LogP contribution in [0.5, 0.6) is 0 Å². The van der Waals surface area contributed by atoms with Crippen molar-refractivity contribution in [2.24, 2.45) is 5.73 Å². The van der Waals surface area contributed by atoms with E-state index < -0.39 is 12.6 Å². The zero-order chi connectivity index (χ0) is 10.6. The average Bonchev–Trinajstić information content (AvgIpc) is 2.15. The molecule has 0 radical (unpaired) electrons. The molecular weight excluding hydrogens is 187 g/mol. The minimum absolute atomic E-state index is 0.103. The molecule has 0 aliphatic heterocycles. The Bertz CT molecular complexity index is 342. The highest BCUT2D eigenvalue weighted by Gasteiger charge is 2.08. The Morgan fingerprint density at radius 2 is 2.36 bits per heavy atom. The third-order valence-electron chi connectivity index (χ3n) is 1.60. The first-order valence-electron chi connectivity index (χ1n) is 4.00. The molecule has 76 valence electrons. The Labute approximate surface area is 80.3 Å². The first-order chi connectivity index (χ1) is 6.65. The average molecular weight is 198 g/mol. The van der Waals surface area contributed by atoms with Gasteiger partial charge in [0, 0.05) is 6.54 Å². The number of carbonyl (C=O) groups is 1. The lowest BCUT2D eigenvalue weighted by Gasteiger charge is -2.07. The highest BCUT2D eigenvalue weighted by Crippen LogP contribution is 2.15. The maximum absolute atomic E-state index is 11.9. The topological polar surface area (TPSA) is 94.0 Å². The standard InChI is InChI=1S/C8H11FN4O/c9-1-2-12-6-4-13-7(10)3-5(6)8(11)14/h3-4,12H,1-2H2,(H2,10,13)(H2,11,14). The van der Waals surface area contributed by atoms with Crippen molar-refractivity contribution in [3.05, 3.63) is 17.8 Å². The van der Waals surface area contributed by atoms with E-state index in [0.717, 1.165) is 0 Å². The number of nitrogens with one attached hydrogen (secondary N) is 1. The number of nitrogens with two attached hydrogens (primary N) is 2. The molecule has 6 heteroatoms. The van der Waals surface area contributed by atoms with Crippen molar-refractivity contribution < 1.29 is 9.18 Å². The summed E-state index contributed by atoms with van der Waals surface area (Å²) in [5.41, 5.74) is 11.1. The van der Waals surface area contributed by atoms with Crippen LogP contribution in [0.25, 0.3) is 0 Å². The van der Waals surface area contributed by atoms with Crippen molar-refractivity contribution in [1.29, 1.82) is 0 Å². The molecule has 1 heterocycles. The third-order valence-corrected chi connectivity index (χ3v) is 1.60. The predicted molar refractivity (Wildman–Crippen MR) is 51.6 cm³/mol. The molecule has 0 saturated carbocycles. The molecule has 5 N–H and O–H groups in total. The van der Waals surface area contributed by atoms with Gasteiger partial charge in [-0.05, 0) is 6.07 Å². The normalized spacial score (nSPS) is 9.79. The molecule has 1 aromatic heterocycles. The second-order valence-electron chi connectivity index (χ2n) is 2.63. The predicted octanol–water partition coefficient (Wildman–Crippen LogP) is 0.144. The minimum atomic E-state index is -0.625. The number of hydrogen-bond donors (Lipinski definition) is 3. The van der Waals surface area contributed by atoms with Gasteiger partial charge in [-0.2, -0.15) is 0 Å². The van der Waals surface area contributed by atoms with Crippen LogP contribution in [0.15, 0.2) is 12.3 Å². The molecule has 0 unspecified atom stereocenters. The molecule has 0 bridgehead atoms. The maximum Gasteiger partial charge on any atom is 0.250 e. The van der Waals surface area contributed by atoms with Crippen LogP contribution in [0.3, 0.4) is 0 Å². The quantitative estimate of drug-likeness (QED) is 0.641. The number of amides is 1. The lowest BCUT2D eigenvalue weighted by atomic mass is 10.2. The fraction of sp³-hybridized carbons (Fsp3) is 0.250. The Morgan fingerprint density at radius 1 is 1.64 bits per heavy atom. The molecule has 0 saturated heterocycles. The van der Waals surface area contributed by atoms with E-state index in [-0.39, 0.29) is 17.9 Å². The fourth-order valence-electron chi connectivity index (χ4n) is 0.998. The number of pyridine rings is 1. The van der Waals surface area contributed by atoms with Gasteiger partial charge in [-0.25, -0.2) is 9.37 Å². The third kappa shape index (κ3) is 2.32. The Hall–Kier alpha value is -1.85. The van der Waals surface area contributed by atoms with Gasteiger partial charge in [-0.3, -0.25) is 4.79 Å². The van der Waals surface area contributed by atoms with E-state index in [4.69, 9.17) is 11.5 Å². The van der Waals surface area contributed by atoms with Crippen LogP contribution in [-0.2, 0) is 0 Å². The number of alkyl halides is 1. The number of nitrogen functional groups attached to an aromatic ring is 1. The van der Waals surface area contributed by atoms with E-state index in [2.05, 4.69) is 10.3 Å². The second-order valence-corrected chi connectivity index (χ2v) is 2.63. The zero-order valence-corrected chi connectivity index (χ0v) is 7.46. The van der Waals surface area contributed by atoms with Crippen molar-refractivity contribution in [3.63, 3.8) is 0 Å². The minimum Gasteiger partial charge on any atom is -0.384 e. The van der Waals surface area contributed by atoms with E-state index in [9.17, 15) is 9.18 Å². The summed E-state index contributed by atoms with van der Waals surface area (Å²) in [5, 5.41) is 2.68. The molecule has 14 heavy (non-hydrogen) atoms. The van der Waals surface area contributed by atoms with E-state index in [0.29, 0.717) is 5.69 Å². The van der Waals surface area contributed by atoms with Gasteiger partial charge >= 0.3 is 0 Å². The molecule has 0 fully saturated rings. The highest BCUT2D eigenvalue weighted by molar-refractivity contribution is 5.98. The van der Waals surface area contributed by atoms with E-state index in [1.165, 1.54) is 12.3 Å². The van der Waals surface area contributed by atoms with Crippen LogP contribution >= 0.6 is 0 Å². The lowest BCUT2D eigenvalue weighted by Crippen LogP contribution is -2.16. The van der Waals surface area contributed by atoms with Crippen molar-refractivity contribution in [1.82, 2.24) is 4.98 Å². The molecule has 0 aromatic carbocycles. The van der Waals surface area contributed by atoms with Gasteiger partial charge in [-0.15, -0.1) is 0 Å². The first-order valence-corrected chi connectivity index (χ1v) is 4.00. The largest absolute Gasteiger partial charge is 0.384 e. The number of halogens is 1. The zero-order valence-electron chi connectivity index (χ0n) is 7.46. The molecule has 0 atom stereocenters.